The van der Waals surface area contributed by atoms with Gasteiger partial charge in [-0.25, -0.2) is 9.97 Å². The fourth-order valence-corrected chi connectivity index (χ4v) is 3.93. The van der Waals surface area contributed by atoms with E-state index in [1.54, 1.807) is 0 Å². The molecule has 0 aromatic carbocycles. The molecular weight excluding hydrogens is 310 g/mol. The molecule has 128 valence electrons. The Labute approximate surface area is 145 Å². The third-order valence-corrected chi connectivity index (χ3v) is 5.69. The van der Waals surface area contributed by atoms with Crippen LogP contribution in [0.4, 0.5) is 0 Å². The molecule has 0 radical (unpaired) electrons. The lowest BCUT2D eigenvalue weighted by Crippen LogP contribution is -2.50. The molecule has 0 bridgehead atoms. The lowest BCUT2D eigenvalue weighted by molar-refractivity contribution is -0.103. The van der Waals surface area contributed by atoms with Crippen molar-refractivity contribution in [3.63, 3.8) is 0 Å². The van der Waals surface area contributed by atoms with Crippen molar-refractivity contribution in [2.24, 2.45) is 5.41 Å². The van der Waals surface area contributed by atoms with Crippen molar-refractivity contribution in [1.82, 2.24) is 15.3 Å². The number of ether oxygens (including phenoxy) is 1. The third-order valence-electron chi connectivity index (χ3n) is 5.69. The van der Waals surface area contributed by atoms with Gasteiger partial charge in [-0.2, -0.15) is 0 Å². The van der Waals surface area contributed by atoms with Gasteiger partial charge in [0.1, 0.15) is 5.82 Å². The first-order valence-electron chi connectivity index (χ1n) is 8.99. The molecular formula is C18H28ClN3O. The Morgan fingerprint density at radius 1 is 1.09 bits per heavy atom. The molecule has 1 saturated heterocycles. The van der Waals surface area contributed by atoms with E-state index < -0.39 is 0 Å². The second kappa shape index (κ2) is 7.45. The number of rotatable bonds is 6. The standard InChI is InChI=1S/C18H27N3O.ClH/c1-2-9-22-16(4-1)18(7-3-8-18)13-19-10-14-11-20-17(21-12-14)15-5-6-15;/h11-12,15-16,19H,1-10,13H2;1H. The van der Waals surface area contributed by atoms with Crippen molar-refractivity contribution in [1.29, 1.82) is 0 Å². The molecule has 0 amide bonds. The van der Waals surface area contributed by atoms with Crippen LogP contribution in [-0.4, -0.2) is 29.2 Å². The van der Waals surface area contributed by atoms with Gasteiger partial charge >= 0.3 is 0 Å². The molecule has 3 fully saturated rings. The number of nitrogens with zero attached hydrogens (tertiary/aromatic N) is 2. The molecule has 3 aliphatic rings. The lowest BCUT2D eigenvalue weighted by atomic mass is 9.63. The maximum absolute atomic E-state index is 6.07. The van der Waals surface area contributed by atoms with Gasteiger partial charge in [-0.05, 0) is 44.9 Å². The molecule has 1 unspecified atom stereocenters. The van der Waals surface area contributed by atoms with Crippen LogP contribution in [0.15, 0.2) is 12.4 Å². The van der Waals surface area contributed by atoms with E-state index in [1.165, 1.54) is 56.9 Å². The first-order chi connectivity index (χ1) is 10.9. The van der Waals surface area contributed by atoms with Gasteiger partial charge in [-0.15, -0.1) is 12.4 Å². The van der Waals surface area contributed by atoms with Crippen LogP contribution in [0.1, 0.15) is 68.7 Å². The molecule has 4 rings (SSSR count). The van der Waals surface area contributed by atoms with E-state index in [0.29, 0.717) is 17.4 Å². The van der Waals surface area contributed by atoms with E-state index >= 15 is 0 Å². The topological polar surface area (TPSA) is 47.0 Å². The van der Waals surface area contributed by atoms with Crippen molar-refractivity contribution in [3.05, 3.63) is 23.8 Å². The number of hydrogen-bond acceptors (Lipinski definition) is 4. The maximum atomic E-state index is 6.07. The van der Waals surface area contributed by atoms with E-state index in [2.05, 4.69) is 15.3 Å². The van der Waals surface area contributed by atoms with E-state index in [1.807, 2.05) is 12.4 Å². The van der Waals surface area contributed by atoms with Gasteiger partial charge in [-0.3, -0.25) is 0 Å². The Kier molecular flexibility index (Phi) is 5.55. The predicted molar refractivity (Wildman–Crippen MR) is 92.8 cm³/mol. The minimum absolute atomic E-state index is 0. The van der Waals surface area contributed by atoms with Gasteiger partial charge in [0.05, 0.1) is 6.10 Å². The molecule has 1 aromatic heterocycles. The normalized spacial score (nSPS) is 26.2. The number of aromatic nitrogens is 2. The average molecular weight is 338 g/mol. The maximum Gasteiger partial charge on any atom is 0.131 e. The highest BCUT2D eigenvalue weighted by Gasteiger charge is 2.44. The van der Waals surface area contributed by atoms with Crippen molar-refractivity contribution < 1.29 is 4.74 Å². The molecule has 0 spiro atoms. The van der Waals surface area contributed by atoms with Crippen LogP contribution in [-0.2, 0) is 11.3 Å². The number of halogens is 1. The van der Waals surface area contributed by atoms with Gasteiger partial charge in [-0.1, -0.05) is 6.42 Å². The largest absolute Gasteiger partial charge is 0.378 e. The summed E-state index contributed by atoms with van der Waals surface area (Å²) < 4.78 is 6.07. The summed E-state index contributed by atoms with van der Waals surface area (Å²) in [6.45, 7) is 2.91. The molecule has 4 nitrogen and oxygen atoms in total. The van der Waals surface area contributed by atoms with Crippen LogP contribution >= 0.6 is 12.4 Å². The summed E-state index contributed by atoms with van der Waals surface area (Å²) in [6, 6.07) is 0. The quantitative estimate of drug-likeness (QED) is 0.861. The second-order valence-corrected chi connectivity index (χ2v) is 7.40. The second-order valence-electron chi connectivity index (χ2n) is 7.40. The highest BCUT2D eigenvalue weighted by Crippen LogP contribution is 2.47. The SMILES string of the molecule is Cl.c1nc(C2CC2)ncc1CNCC1(C2CCCCO2)CCC1. The zero-order valence-electron chi connectivity index (χ0n) is 13.8. The summed E-state index contributed by atoms with van der Waals surface area (Å²) in [6.07, 6.45) is 14.8. The van der Waals surface area contributed by atoms with Gasteiger partial charge < -0.3 is 10.1 Å². The van der Waals surface area contributed by atoms with Crippen LogP contribution in [0, 0.1) is 5.41 Å². The summed E-state index contributed by atoms with van der Waals surface area (Å²) in [5.41, 5.74) is 1.60. The van der Waals surface area contributed by atoms with E-state index in [-0.39, 0.29) is 12.4 Å². The fourth-order valence-electron chi connectivity index (χ4n) is 3.93. The Bertz CT molecular complexity index is 493. The van der Waals surface area contributed by atoms with Crippen molar-refractivity contribution in [3.8, 4) is 0 Å². The minimum Gasteiger partial charge on any atom is -0.378 e. The van der Waals surface area contributed by atoms with Crippen molar-refractivity contribution in [2.75, 3.05) is 13.2 Å². The fraction of sp³-hybridized carbons (Fsp3) is 0.778. The van der Waals surface area contributed by atoms with Crippen molar-refractivity contribution in [2.45, 2.75) is 69.9 Å². The molecule has 1 aromatic rings. The highest BCUT2D eigenvalue weighted by atomic mass is 35.5. The number of hydrogen-bond donors (Lipinski definition) is 1. The van der Waals surface area contributed by atoms with E-state index in [0.717, 1.165) is 25.5 Å². The summed E-state index contributed by atoms with van der Waals surface area (Å²) in [5, 5.41) is 3.65. The lowest BCUT2D eigenvalue weighted by Gasteiger charge is -2.49. The van der Waals surface area contributed by atoms with Gasteiger partial charge in [0.25, 0.3) is 0 Å². The summed E-state index contributed by atoms with van der Waals surface area (Å²) in [7, 11) is 0. The van der Waals surface area contributed by atoms with Crippen LogP contribution in [0.25, 0.3) is 0 Å². The predicted octanol–water partition coefficient (Wildman–Crippen LogP) is 3.60. The van der Waals surface area contributed by atoms with Crippen LogP contribution < -0.4 is 5.32 Å². The van der Waals surface area contributed by atoms with Crippen molar-refractivity contribution >= 4 is 12.4 Å². The molecule has 1 aliphatic heterocycles. The van der Waals surface area contributed by atoms with Gasteiger partial charge in [0.2, 0.25) is 0 Å². The Hall–Kier alpha value is -0.710. The summed E-state index contributed by atoms with van der Waals surface area (Å²) >= 11 is 0. The molecule has 2 heterocycles. The minimum atomic E-state index is 0. The Morgan fingerprint density at radius 3 is 2.43 bits per heavy atom. The monoisotopic (exact) mass is 337 g/mol. The molecule has 2 saturated carbocycles. The molecule has 23 heavy (non-hydrogen) atoms. The first-order valence-corrected chi connectivity index (χ1v) is 8.99. The van der Waals surface area contributed by atoms with Crippen LogP contribution in [0.3, 0.4) is 0 Å². The summed E-state index contributed by atoms with van der Waals surface area (Å²) in [4.78, 5) is 9.01. The molecule has 5 heteroatoms. The van der Waals surface area contributed by atoms with Crippen LogP contribution in [0.5, 0.6) is 0 Å². The average Bonchev–Trinajstić information content (AvgIpc) is 3.36. The number of nitrogens with one attached hydrogen (secondary N) is 1. The zero-order valence-corrected chi connectivity index (χ0v) is 14.6. The van der Waals surface area contributed by atoms with Gasteiger partial charge in [0, 0.05) is 49.0 Å². The summed E-state index contributed by atoms with van der Waals surface area (Å²) in [5.74, 6) is 1.68. The zero-order chi connectivity index (χ0) is 14.8. The van der Waals surface area contributed by atoms with Crippen LogP contribution in [0.2, 0.25) is 0 Å². The smallest absolute Gasteiger partial charge is 0.131 e. The van der Waals surface area contributed by atoms with E-state index in [9.17, 15) is 0 Å². The third kappa shape index (κ3) is 3.86. The Balaban J connectivity index is 0.00000156. The van der Waals surface area contributed by atoms with Gasteiger partial charge in [0.15, 0.2) is 0 Å². The first kappa shape index (κ1) is 17.1. The Morgan fingerprint density at radius 2 is 1.87 bits per heavy atom. The molecule has 2 aliphatic carbocycles. The molecule has 1 N–H and O–H groups in total. The highest BCUT2D eigenvalue weighted by molar-refractivity contribution is 5.85. The molecule has 1 atom stereocenters. The van der Waals surface area contributed by atoms with E-state index in [4.69, 9.17) is 4.74 Å².